The number of anilines is 1. The van der Waals surface area contributed by atoms with Gasteiger partial charge in [-0.15, -0.1) is 0 Å². The van der Waals surface area contributed by atoms with Crippen LogP contribution in [0, 0.1) is 6.92 Å². The van der Waals surface area contributed by atoms with Crippen molar-refractivity contribution in [3.05, 3.63) is 58.1 Å². The Morgan fingerprint density at radius 1 is 1.14 bits per heavy atom. The van der Waals surface area contributed by atoms with Gasteiger partial charge in [-0.1, -0.05) is 47.5 Å². The Kier molecular flexibility index (Phi) is 5.10. The van der Waals surface area contributed by atoms with Crippen LogP contribution in [0.2, 0.25) is 10.0 Å². The fourth-order valence-corrected chi connectivity index (χ4v) is 2.12. The first-order valence-corrected chi connectivity index (χ1v) is 7.22. The monoisotopic (exact) mass is 323 g/mol. The largest absolute Gasteiger partial charge is 0.481 e. The van der Waals surface area contributed by atoms with Gasteiger partial charge in [0.15, 0.2) is 6.10 Å². The average molecular weight is 324 g/mol. The lowest BCUT2D eigenvalue weighted by Crippen LogP contribution is -2.30. The third-order valence-electron chi connectivity index (χ3n) is 2.98. The molecule has 0 unspecified atom stereocenters. The molecule has 1 N–H and O–H groups in total. The minimum absolute atomic E-state index is 0.289. The topological polar surface area (TPSA) is 38.3 Å². The van der Waals surface area contributed by atoms with Crippen molar-refractivity contribution in [2.24, 2.45) is 0 Å². The van der Waals surface area contributed by atoms with Crippen molar-refractivity contribution in [3.8, 4) is 5.75 Å². The number of halogens is 2. The first kappa shape index (κ1) is 15.7. The molecule has 0 aromatic heterocycles. The van der Waals surface area contributed by atoms with Gasteiger partial charge in [0, 0.05) is 0 Å². The van der Waals surface area contributed by atoms with Gasteiger partial charge in [0.25, 0.3) is 5.91 Å². The van der Waals surface area contributed by atoms with Gasteiger partial charge < -0.3 is 10.1 Å². The minimum Gasteiger partial charge on any atom is -0.481 e. The van der Waals surface area contributed by atoms with E-state index < -0.39 is 6.10 Å². The smallest absolute Gasteiger partial charge is 0.265 e. The van der Waals surface area contributed by atoms with Gasteiger partial charge in [-0.05, 0) is 37.6 Å². The lowest BCUT2D eigenvalue weighted by Gasteiger charge is -2.16. The number of carbonyl (C=O) groups is 1. The normalized spacial score (nSPS) is 11.8. The highest BCUT2D eigenvalue weighted by molar-refractivity contribution is 6.44. The van der Waals surface area contributed by atoms with Crippen LogP contribution < -0.4 is 10.1 Å². The average Bonchev–Trinajstić information content (AvgIpc) is 2.46. The third kappa shape index (κ3) is 3.90. The second-order valence-corrected chi connectivity index (χ2v) is 5.40. The van der Waals surface area contributed by atoms with Crippen molar-refractivity contribution in [1.82, 2.24) is 0 Å². The number of hydrogen-bond acceptors (Lipinski definition) is 2. The molecule has 0 spiro atoms. The molecule has 0 saturated heterocycles. The number of carbonyl (C=O) groups excluding carboxylic acids is 1. The molecule has 0 saturated carbocycles. The van der Waals surface area contributed by atoms with Crippen molar-refractivity contribution in [1.29, 1.82) is 0 Å². The Bertz CT molecular complexity index is 658. The molecular formula is C16H15Cl2NO2. The van der Waals surface area contributed by atoms with Gasteiger partial charge in [0.2, 0.25) is 0 Å². The molecule has 1 atom stereocenters. The fourth-order valence-electron chi connectivity index (χ4n) is 1.77. The van der Waals surface area contributed by atoms with Crippen LogP contribution in [0.4, 0.5) is 5.69 Å². The molecule has 0 aliphatic heterocycles. The number of hydrogen-bond donors (Lipinski definition) is 1. The fraction of sp³-hybridized carbons (Fsp3) is 0.188. The second-order valence-electron chi connectivity index (χ2n) is 4.62. The van der Waals surface area contributed by atoms with Crippen LogP contribution in [-0.2, 0) is 4.79 Å². The molecule has 2 aromatic rings. The molecule has 3 nitrogen and oxygen atoms in total. The molecule has 21 heavy (non-hydrogen) atoms. The molecule has 0 bridgehead atoms. The van der Waals surface area contributed by atoms with E-state index >= 15 is 0 Å². The van der Waals surface area contributed by atoms with E-state index in [9.17, 15) is 4.79 Å². The molecule has 110 valence electrons. The number of rotatable bonds is 4. The SMILES string of the molecule is Cc1ccccc1O[C@H](C)C(=O)Nc1cccc(Cl)c1Cl. The van der Waals surface area contributed by atoms with E-state index in [0.29, 0.717) is 21.5 Å². The summed E-state index contributed by atoms with van der Waals surface area (Å²) in [5, 5.41) is 3.42. The highest BCUT2D eigenvalue weighted by Gasteiger charge is 2.17. The van der Waals surface area contributed by atoms with Gasteiger partial charge in [-0.25, -0.2) is 0 Å². The Hall–Kier alpha value is -1.71. The quantitative estimate of drug-likeness (QED) is 0.885. The van der Waals surface area contributed by atoms with E-state index in [4.69, 9.17) is 27.9 Å². The molecule has 0 aliphatic rings. The number of nitrogens with one attached hydrogen (secondary N) is 1. The van der Waals surface area contributed by atoms with Crippen molar-refractivity contribution >= 4 is 34.8 Å². The Morgan fingerprint density at radius 2 is 1.86 bits per heavy atom. The van der Waals surface area contributed by atoms with E-state index in [2.05, 4.69) is 5.32 Å². The van der Waals surface area contributed by atoms with E-state index in [1.807, 2.05) is 31.2 Å². The molecule has 0 heterocycles. The summed E-state index contributed by atoms with van der Waals surface area (Å²) in [7, 11) is 0. The zero-order chi connectivity index (χ0) is 15.4. The summed E-state index contributed by atoms with van der Waals surface area (Å²) in [5.41, 5.74) is 1.44. The highest BCUT2D eigenvalue weighted by atomic mass is 35.5. The Labute approximate surface area is 133 Å². The molecule has 2 aromatic carbocycles. The predicted molar refractivity (Wildman–Crippen MR) is 86.4 cm³/mol. The van der Waals surface area contributed by atoms with E-state index in [1.165, 1.54) is 0 Å². The number of para-hydroxylation sites is 1. The molecular weight excluding hydrogens is 309 g/mol. The van der Waals surface area contributed by atoms with Crippen LogP contribution in [0.3, 0.4) is 0 Å². The second kappa shape index (κ2) is 6.83. The minimum atomic E-state index is -0.652. The van der Waals surface area contributed by atoms with Crippen molar-refractivity contribution in [3.63, 3.8) is 0 Å². The summed E-state index contributed by atoms with van der Waals surface area (Å²) in [5.74, 6) is 0.389. The van der Waals surface area contributed by atoms with Crippen molar-refractivity contribution in [2.75, 3.05) is 5.32 Å². The predicted octanol–water partition coefficient (Wildman–Crippen LogP) is 4.71. The van der Waals surface area contributed by atoms with Gasteiger partial charge in [0.1, 0.15) is 5.75 Å². The summed E-state index contributed by atoms with van der Waals surface area (Å²) < 4.78 is 5.66. The zero-order valence-corrected chi connectivity index (χ0v) is 13.2. The molecule has 0 aliphatic carbocycles. The lowest BCUT2D eigenvalue weighted by atomic mass is 10.2. The lowest BCUT2D eigenvalue weighted by molar-refractivity contribution is -0.122. The van der Waals surface area contributed by atoms with Crippen LogP contribution in [-0.4, -0.2) is 12.0 Å². The standard InChI is InChI=1S/C16H15Cl2NO2/c1-10-6-3-4-9-14(10)21-11(2)16(20)19-13-8-5-7-12(17)15(13)18/h3-9,11H,1-2H3,(H,19,20)/t11-/m1/s1. The zero-order valence-electron chi connectivity index (χ0n) is 11.7. The summed E-state index contributed by atoms with van der Waals surface area (Å²) in [6.07, 6.45) is -0.652. The molecule has 0 fully saturated rings. The van der Waals surface area contributed by atoms with E-state index in [-0.39, 0.29) is 5.91 Å². The van der Waals surface area contributed by atoms with Crippen molar-refractivity contribution < 1.29 is 9.53 Å². The maximum atomic E-state index is 12.2. The molecule has 5 heteroatoms. The highest BCUT2D eigenvalue weighted by Crippen LogP contribution is 2.29. The van der Waals surface area contributed by atoms with Crippen LogP contribution in [0.15, 0.2) is 42.5 Å². The molecule has 2 rings (SSSR count). The Morgan fingerprint density at radius 3 is 2.57 bits per heavy atom. The van der Waals surface area contributed by atoms with Crippen LogP contribution in [0.5, 0.6) is 5.75 Å². The van der Waals surface area contributed by atoms with Gasteiger partial charge in [-0.3, -0.25) is 4.79 Å². The summed E-state index contributed by atoms with van der Waals surface area (Å²) in [6.45, 7) is 3.61. The van der Waals surface area contributed by atoms with E-state index in [1.54, 1.807) is 25.1 Å². The van der Waals surface area contributed by atoms with Gasteiger partial charge >= 0.3 is 0 Å². The number of amides is 1. The summed E-state index contributed by atoms with van der Waals surface area (Å²) in [6, 6.07) is 12.6. The first-order chi connectivity index (χ1) is 9.99. The maximum Gasteiger partial charge on any atom is 0.265 e. The number of ether oxygens (including phenoxy) is 1. The van der Waals surface area contributed by atoms with E-state index in [0.717, 1.165) is 5.56 Å². The number of benzene rings is 2. The first-order valence-electron chi connectivity index (χ1n) is 6.46. The number of aryl methyl sites for hydroxylation is 1. The third-order valence-corrected chi connectivity index (χ3v) is 3.79. The van der Waals surface area contributed by atoms with Crippen LogP contribution in [0.1, 0.15) is 12.5 Å². The summed E-state index contributed by atoms with van der Waals surface area (Å²) in [4.78, 5) is 12.2. The van der Waals surface area contributed by atoms with Crippen LogP contribution in [0.25, 0.3) is 0 Å². The van der Waals surface area contributed by atoms with Gasteiger partial charge in [0.05, 0.1) is 15.7 Å². The van der Waals surface area contributed by atoms with Gasteiger partial charge in [-0.2, -0.15) is 0 Å². The molecule has 1 amide bonds. The maximum absolute atomic E-state index is 12.2. The van der Waals surface area contributed by atoms with Crippen molar-refractivity contribution in [2.45, 2.75) is 20.0 Å². The molecule has 0 radical (unpaired) electrons. The van der Waals surface area contributed by atoms with Crippen LogP contribution >= 0.6 is 23.2 Å². The Balaban J connectivity index is 2.06. The summed E-state index contributed by atoms with van der Waals surface area (Å²) >= 11 is 12.0.